The van der Waals surface area contributed by atoms with Gasteiger partial charge in [0.15, 0.2) is 5.01 Å². The summed E-state index contributed by atoms with van der Waals surface area (Å²) >= 11 is 1.56. The Balaban J connectivity index is 1.67. The smallest absolute Gasteiger partial charge is 0.332 e. The first kappa shape index (κ1) is 19.0. The van der Waals surface area contributed by atoms with Crippen LogP contribution in [-0.2, 0) is 4.79 Å². The minimum absolute atomic E-state index is 0.224. The number of rotatable bonds is 5. The highest BCUT2D eigenvalue weighted by atomic mass is 32.1. The normalized spacial score (nSPS) is 14.5. The van der Waals surface area contributed by atoms with Crippen LogP contribution in [-0.4, -0.2) is 36.7 Å². The van der Waals surface area contributed by atoms with E-state index in [1.54, 1.807) is 18.3 Å². The van der Waals surface area contributed by atoms with Crippen molar-refractivity contribution in [3.63, 3.8) is 0 Å². The summed E-state index contributed by atoms with van der Waals surface area (Å²) in [7, 11) is 0. The van der Waals surface area contributed by atoms with E-state index in [9.17, 15) is 9.90 Å². The van der Waals surface area contributed by atoms with Crippen LogP contribution in [0, 0.1) is 11.8 Å². The number of tetrazole rings is 1. The van der Waals surface area contributed by atoms with Crippen LogP contribution >= 0.6 is 11.3 Å². The number of carboxylic acid groups (broad SMARTS) is 1. The lowest BCUT2D eigenvalue weighted by Crippen LogP contribution is -2.08. The quantitative estimate of drug-likeness (QED) is 0.496. The molecule has 7 nitrogen and oxygen atoms in total. The second-order valence-corrected chi connectivity index (χ2v) is 7.64. The standard InChI is InChI=1S/C21H19N5O2S/c1-2-16(21(27)28)19(20-23-25-26-24-20)15-8-3-5-13(11-15)9-10-18-22-17(12-29-18)14-6-4-7-14/h3,5,8,11-12,14H,2,4,6-7H2,1H3,(H,27,28)(H,23,24,25,26)/b19-16+. The highest BCUT2D eigenvalue weighted by Crippen LogP contribution is 2.36. The number of carboxylic acids is 1. The molecule has 8 heteroatoms. The molecule has 0 saturated heterocycles. The lowest BCUT2D eigenvalue weighted by Gasteiger charge is -2.22. The Labute approximate surface area is 171 Å². The van der Waals surface area contributed by atoms with Crippen molar-refractivity contribution in [1.29, 1.82) is 0 Å². The summed E-state index contributed by atoms with van der Waals surface area (Å²) < 4.78 is 0. The molecule has 4 rings (SSSR count). The van der Waals surface area contributed by atoms with E-state index < -0.39 is 5.97 Å². The summed E-state index contributed by atoms with van der Waals surface area (Å²) in [6.45, 7) is 1.79. The van der Waals surface area contributed by atoms with Crippen molar-refractivity contribution in [3.05, 3.63) is 62.9 Å². The van der Waals surface area contributed by atoms with Crippen LogP contribution in [0.5, 0.6) is 0 Å². The van der Waals surface area contributed by atoms with Gasteiger partial charge < -0.3 is 5.11 Å². The van der Waals surface area contributed by atoms with Crippen LogP contribution in [0.3, 0.4) is 0 Å². The van der Waals surface area contributed by atoms with Gasteiger partial charge >= 0.3 is 5.97 Å². The van der Waals surface area contributed by atoms with Crippen molar-refractivity contribution in [2.24, 2.45) is 0 Å². The van der Waals surface area contributed by atoms with Gasteiger partial charge in [-0.25, -0.2) is 9.78 Å². The number of aromatic nitrogens is 5. The number of carbonyl (C=O) groups is 1. The molecule has 146 valence electrons. The maximum Gasteiger partial charge on any atom is 0.332 e. The maximum absolute atomic E-state index is 11.7. The van der Waals surface area contributed by atoms with Crippen molar-refractivity contribution in [3.8, 4) is 11.8 Å². The van der Waals surface area contributed by atoms with Gasteiger partial charge in [-0.05, 0) is 48.1 Å². The molecule has 1 aliphatic rings. The number of hydrogen-bond acceptors (Lipinski definition) is 6. The van der Waals surface area contributed by atoms with E-state index >= 15 is 0 Å². The highest BCUT2D eigenvalue weighted by Gasteiger charge is 2.22. The molecular weight excluding hydrogens is 386 g/mol. The van der Waals surface area contributed by atoms with Gasteiger partial charge in [-0.15, -0.1) is 21.5 Å². The van der Waals surface area contributed by atoms with Gasteiger partial charge in [0.1, 0.15) is 0 Å². The molecule has 1 saturated carbocycles. The average Bonchev–Trinajstić information content (AvgIpc) is 3.35. The fraction of sp³-hybridized carbons (Fsp3) is 0.286. The second kappa shape index (κ2) is 8.37. The molecule has 0 bridgehead atoms. The zero-order valence-corrected chi connectivity index (χ0v) is 16.7. The number of nitrogens with one attached hydrogen (secondary N) is 1. The number of aromatic amines is 1. The molecule has 1 aromatic carbocycles. The van der Waals surface area contributed by atoms with E-state index in [1.807, 2.05) is 24.3 Å². The van der Waals surface area contributed by atoms with E-state index in [1.165, 1.54) is 19.3 Å². The summed E-state index contributed by atoms with van der Waals surface area (Å²) in [6, 6.07) is 7.40. The molecule has 2 aromatic heterocycles. The molecule has 0 aliphatic heterocycles. The first-order valence-corrected chi connectivity index (χ1v) is 10.3. The fourth-order valence-electron chi connectivity index (χ4n) is 3.25. The first-order chi connectivity index (χ1) is 14.2. The molecule has 0 atom stereocenters. The SMILES string of the molecule is CC/C(C(=O)O)=C(/c1cccc(C#Cc2nc(C3CCC3)cs2)c1)c1nn[nH]n1. The Bertz CT molecular complexity index is 1120. The Morgan fingerprint density at radius 3 is 2.86 bits per heavy atom. The molecule has 2 N–H and O–H groups in total. The van der Waals surface area contributed by atoms with E-state index in [2.05, 4.69) is 42.8 Å². The molecule has 1 fully saturated rings. The van der Waals surface area contributed by atoms with Gasteiger partial charge in [0.05, 0.1) is 5.69 Å². The fourth-order valence-corrected chi connectivity index (χ4v) is 4.00. The predicted octanol–water partition coefficient (Wildman–Crippen LogP) is 3.62. The minimum atomic E-state index is -1.00. The third-order valence-corrected chi connectivity index (χ3v) is 5.77. The second-order valence-electron chi connectivity index (χ2n) is 6.78. The molecular formula is C21H19N5O2S. The van der Waals surface area contributed by atoms with Gasteiger partial charge in [-0.1, -0.05) is 31.4 Å². The zero-order chi connectivity index (χ0) is 20.2. The van der Waals surface area contributed by atoms with Gasteiger partial charge in [0.25, 0.3) is 0 Å². The molecule has 1 aliphatic carbocycles. The topological polar surface area (TPSA) is 105 Å². The van der Waals surface area contributed by atoms with Crippen LogP contribution in [0.25, 0.3) is 5.57 Å². The predicted molar refractivity (Wildman–Crippen MR) is 109 cm³/mol. The Morgan fingerprint density at radius 2 is 2.21 bits per heavy atom. The van der Waals surface area contributed by atoms with Crippen LogP contribution in [0.15, 0.2) is 35.2 Å². The van der Waals surface area contributed by atoms with Crippen LogP contribution in [0.1, 0.15) is 66.2 Å². The molecule has 0 spiro atoms. The minimum Gasteiger partial charge on any atom is -0.478 e. The molecule has 29 heavy (non-hydrogen) atoms. The van der Waals surface area contributed by atoms with E-state index in [-0.39, 0.29) is 11.4 Å². The molecule has 3 aromatic rings. The van der Waals surface area contributed by atoms with E-state index in [4.69, 9.17) is 0 Å². The number of benzene rings is 1. The van der Waals surface area contributed by atoms with Crippen molar-refractivity contribution in [2.75, 3.05) is 0 Å². The van der Waals surface area contributed by atoms with Crippen molar-refractivity contribution >= 4 is 22.9 Å². The molecule has 0 amide bonds. The number of hydrogen-bond donors (Lipinski definition) is 2. The van der Waals surface area contributed by atoms with Gasteiger partial charge in [-0.3, -0.25) is 0 Å². The monoisotopic (exact) mass is 405 g/mol. The first-order valence-electron chi connectivity index (χ1n) is 9.44. The Hall–Kier alpha value is -3.31. The van der Waals surface area contributed by atoms with Crippen molar-refractivity contribution < 1.29 is 9.90 Å². The Kier molecular flexibility index (Phi) is 5.49. The summed E-state index contributed by atoms with van der Waals surface area (Å²) in [4.78, 5) is 16.4. The zero-order valence-electron chi connectivity index (χ0n) is 15.8. The summed E-state index contributed by atoms with van der Waals surface area (Å²) in [5, 5.41) is 26.5. The van der Waals surface area contributed by atoms with Crippen LogP contribution in [0.4, 0.5) is 0 Å². The van der Waals surface area contributed by atoms with Gasteiger partial charge in [-0.2, -0.15) is 5.21 Å². The lowest BCUT2D eigenvalue weighted by atomic mass is 9.83. The van der Waals surface area contributed by atoms with E-state index in [0.717, 1.165) is 16.3 Å². The highest BCUT2D eigenvalue weighted by molar-refractivity contribution is 7.10. The molecule has 0 unspecified atom stereocenters. The lowest BCUT2D eigenvalue weighted by molar-refractivity contribution is -0.132. The molecule has 2 heterocycles. The number of aliphatic carboxylic acids is 1. The van der Waals surface area contributed by atoms with Gasteiger partial charge in [0.2, 0.25) is 5.82 Å². The van der Waals surface area contributed by atoms with Crippen molar-refractivity contribution in [2.45, 2.75) is 38.5 Å². The van der Waals surface area contributed by atoms with Crippen LogP contribution < -0.4 is 0 Å². The third-order valence-electron chi connectivity index (χ3n) is 4.99. The number of thiazole rings is 1. The van der Waals surface area contributed by atoms with Crippen LogP contribution in [0.2, 0.25) is 0 Å². The Morgan fingerprint density at radius 1 is 1.34 bits per heavy atom. The maximum atomic E-state index is 11.7. The number of nitrogens with zero attached hydrogens (tertiary/aromatic N) is 4. The summed E-state index contributed by atoms with van der Waals surface area (Å²) in [6.07, 6.45) is 4.04. The summed E-state index contributed by atoms with van der Waals surface area (Å²) in [5.41, 5.74) is 3.27. The summed E-state index contributed by atoms with van der Waals surface area (Å²) in [5.74, 6) is 6.10. The largest absolute Gasteiger partial charge is 0.478 e. The van der Waals surface area contributed by atoms with Crippen molar-refractivity contribution in [1.82, 2.24) is 25.6 Å². The average molecular weight is 405 g/mol. The van der Waals surface area contributed by atoms with Gasteiger partial charge in [0, 0.05) is 28.0 Å². The van der Waals surface area contributed by atoms with E-state index in [0.29, 0.717) is 23.5 Å². The molecule has 0 radical (unpaired) electrons. The number of H-pyrrole nitrogens is 1. The third kappa shape index (κ3) is 4.10.